The molecule has 0 saturated carbocycles. The maximum absolute atomic E-state index is 4.64. The molecule has 1 fully saturated rings. The minimum absolute atomic E-state index is 0.868. The van der Waals surface area contributed by atoms with Gasteiger partial charge >= 0.3 is 0 Å². The zero-order valence-electron chi connectivity index (χ0n) is 16.0. The molecule has 5 heteroatoms. The van der Waals surface area contributed by atoms with Crippen LogP contribution in [0.2, 0.25) is 0 Å². The topological polar surface area (TPSA) is 43.4 Å². The molecule has 3 rings (SSSR count). The summed E-state index contributed by atoms with van der Waals surface area (Å²) in [5, 5.41) is 6.58. The summed E-state index contributed by atoms with van der Waals surface area (Å²) in [7, 11) is 1.94. The molecule has 0 amide bonds. The third kappa shape index (κ3) is 4.17. The molecule has 2 N–H and O–H groups in total. The number of piperazine rings is 1. The molecule has 2 heterocycles. The van der Waals surface area contributed by atoms with E-state index in [1.165, 1.54) is 5.56 Å². The van der Waals surface area contributed by atoms with Crippen molar-refractivity contribution in [3.63, 3.8) is 0 Å². The maximum Gasteiger partial charge on any atom is 0.128 e. The van der Waals surface area contributed by atoms with Crippen LogP contribution in [0, 0.1) is 6.92 Å². The highest BCUT2D eigenvalue weighted by Gasteiger charge is 2.16. The Morgan fingerprint density at radius 1 is 1.15 bits per heavy atom. The summed E-state index contributed by atoms with van der Waals surface area (Å²) in [4.78, 5) is 9.46. The molecule has 1 aromatic carbocycles. The van der Waals surface area contributed by atoms with Crippen LogP contribution in [0.3, 0.4) is 0 Å². The van der Waals surface area contributed by atoms with E-state index < -0.39 is 0 Å². The lowest BCUT2D eigenvalue weighted by atomic mass is 10.1. The molecule has 0 spiro atoms. The Bertz CT molecular complexity index is 745. The molecule has 2 aromatic rings. The summed E-state index contributed by atoms with van der Waals surface area (Å²) in [5.41, 5.74) is 5.23. The number of anilines is 3. The first kappa shape index (κ1) is 18.3. The lowest BCUT2D eigenvalue weighted by Crippen LogP contribution is -2.46. The van der Waals surface area contributed by atoms with Crippen molar-refractivity contribution in [1.82, 2.24) is 9.88 Å². The first-order valence-electron chi connectivity index (χ1n) is 9.28. The quantitative estimate of drug-likeness (QED) is 0.831. The van der Waals surface area contributed by atoms with Gasteiger partial charge in [0.1, 0.15) is 5.82 Å². The van der Waals surface area contributed by atoms with Crippen molar-refractivity contribution in [3.05, 3.63) is 54.2 Å². The Balaban J connectivity index is 1.63. The fourth-order valence-electron chi connectivity index (χ4n) is 3.27. The highest BCUT2D eigenvalue weighted by Crippen LogP contribution is 2.23. The van der Waals surface area contributed by atoms with E-state index in [4.69, 9.17) is 0 Å². The number of hydrogen-bond donors (Lipinski definition) is 2. The molecule has 1 aromatic heterocycles. The molecule has 5 nitrogen and oxygen atoms in total. The maximum atomic E-state index is 4.64. The standard InChI is InChI=1S/C21H29N5/c1-5-25-10-12-26(13-11-25)21-9-8-19(15-23-21)24-17(3)18-7-6-16(2)20(14-18)22-4/h6-9,14-15,22,24H,3,5,10-13H2,1-2,4H3. The third-order valence-corrected chi connectivity index (χ3v) is 5.04. The largest absolute Gasteiger partial charge is 0.388 e. The molecule has 0 atom stereocenters. The fourth-order valence-corrected chi connectivity index (χ4v) is 3.27. The van der Waals surface area contributed by atoms with Gasteiger partial charge in [0.2, 0.25) is 0 Å². The van der Waals surface area contributed by atoms with Gasteiger partial charge in [-0.1, -0.05) is 25.6 Å². The molecule has 138 valence electrons. The highest BCUT2D eigenvalue weighted by molar-refractivity contribution is 5.77. The van der Waals surface area contributed by atoms with Crippen molar-refractivity contribution in [2.24, 2.45) is 0 Å². The Morgan fingerprint density at radius 3 is 2.54 bits per heavy atom. The van der Waals surface area contributed by atoms with Gasteiger partial charge in [-0.15, -0.1) is 0 Å². The van der Waals surface area contributed by atoms with Crippen LogP contribution in [0.25, 0.3) is 5.70 Å². The van der Waals surface area contributed by atoms with Gasteiger partial charge in [0.05, 0.1) is 11.9 Å². The number of pyridine rings is 1. The van der Waals surface area contributed by atoms with Crippen molar-refractivity contribution < 1.29 is 0 Å². The third-order valence-electron chi connectivity index (χ3n) is 5.04. The Morgan fingerprint density at radius 2 is 1.92 bits per heavy atom. The molecule has 1 aliphatic rings. The molecule has 0 radical (unpaired) electrons. The van der Waals surface area contributed by atoms with Gasteiger partial charge in [-0.05, 0) is 42.8 Å². The first-order valence-corrected chi connectivity index (χ1v) is 9.28. The van der Waals surface area contributed by atoms with Crippen LogP contribution in [-0.2, 0) is 0 Å². The van der Waals surface area contributed by atoms with Crippen LogP contribution >= 0.6 is 0 Å². The summed E-state index contributed by atoms with van der Waals surface area (Å²) in [6.45, 7) is 13.9. The SMILES string of the molecule is C=C(Nc1ccc(N2CCN(CC)CC2)nc1)c1ccc(C)c(NC)c1. The Labute approximate surface area is 156 Å². The monoisotopic (exact) mass is 351 g/mol. The van der Waals surface area contributed by atoms with Crippen LogP contribution < -0.4 is 15.5 Å². The van der Waals surface area contributed by atoms with Crippen LogP contribution in [-0.4, -0.2) is 49.7 Å². The Kier molecular flexibility index (Phi) is 5.78. The van der Waals surface area contributed by atoms with Crippen molar-refractivity contribution in [1.29, 1.82) is 0 Å². The van der Waals surface area contributed by atoms with E-state index >= 15 is 0 Å². The lowest BCUT2D eigenvalue weighted by Gasteiger charge is -2.34. The van der Waals surface area contributed by atoms with E-state index in [0.29, 0.717) is 0 Å². The molecular weight excluding hydrogens is 322 g/mol. The lowest BCUT2D eigenvalue weighted by molar-refractivity contribution is 0.270. The summed E-state index contributed by atoms with van der Waals surface area (Å²) in [5.74, 6) is 1.05. The zero-order valence-corrected chi connectivity index (χ0v) is 16.0. The van der Waals surface area contributed by atoms with Gasteiger partial charge in [-0.3, -0.25) is 0 Å². The van der Waals surface area contributed by atoms with Crippen LogP contribution in [0.5, 0.6) is 0 Å². The molecule has 0 bridgehead atoms. The van der Waals surface area contributed by atoms with E-state index in [9.17, 15) is 0 Å². The predicted octanol–water partition coefficient (Wildman–Crippen LogP) is 3.66. The second-order valence-electron chi connectivity index (χ2n) is 6.71. The highest BCUT2D eigenvalue weighted by atomic mass is 15.3. The normalized spacial score (nSPS) is 15.0. The summed E-state index contributed by atoms with van der Waals surface area (Å²) >= 11 is 0. The Hall–Kier alpha value is -2.53. The molecule has 26 heavy (non-hydrogen) atoms. The molecule has 1 saturated heterocycles. The number of aromatic nitrogens is 1. The van der Waals surface area contributed by atoms with E-state index in [1.54, 1.807) is 0 Å². The molecular formula is C21H29N5. The minimum atomic E-state index is 0.868. The van der Waals surface area contributed by atoms with Crippen LogP contribution in [0.4, 0.5) is 17.2 Å². The number of hydrogen-bond acceptors (Lipinski definition) is 5. The number of benzene rings is 1. The second-order valence-corrected chi connectivity index (χ2v) is 6.71. The minimum Gasteiger partial charge on any atom is -0.388 e. The fraction of sp³-hybridized carbons (Fsp3) is 0.381. The van der Waals surface area contributed by atoms with Gasteiger partial charge in [0.15, 0.2) is 0 Å². The summed E-state index contributed by atoms with van der Waals surface area (Å²) in [6.07, 6.45) is 1.89. The number of aryl methyl sites for hydroxylation is 1. The van der Waals surface area contributed by atoms with E-state index in [1.807, 2.05) is 13.2 Å². The van der Waals surface area contributed by atoms with Gasteiger partial charge in [-0.25, -0.2) is 4.98 Å². The van der Waals surface area contributed by atoms with Crippen molar-refractivity contribution in [3.8, 4) is 0 Å². The van der Waals surface area contributed by atoms with Crippen LogP contribution in [0.1, 0.15) is 18.1 Å². The van der Waals surface area contributed by atoms with Crippen molar-refractivity contribution in [2.75, 3.05) is 55.3 Å². The number of likely N-dealkylation sites (N-methyl/N-ethyl adjacent to an activating group) is 1. The second kappa shape index (κ2) is 8.23. The van der Waals surface area contributed by atoms with Crippen molar-refractivity contribution in [2.45, 2.75) is 13.8 Å². The number of nitrogens with one attached hydrogen (secondary N) is 2. The van der Waals surface area contributed by atoms with Gasteiger partial charge < -0.3 is 20.4 Å². The van der Waals surface area contributed by atoms with Gasteiger partial charge in [0, 0.05) is 44.6 Å². The predicted molar refractivity (Wildman–Crippen MR) is 112 cm³/mol. The van der Waals surface area contributed by atoms with Gasteiger partial charge in [0.25, 0.3) is 0 Å². The number of nitrogens with zero attached hydrogens (tertiary/aromatic N) is 3. The van der Waals surface area contributed by atoms with E-state index in [0.717, 1.165) is 61.2 Å². The average Bonchev–Trinajstić information content (AvgIpc) is 2.69. The number of rotatable bonds is 6. The van der Waals surface area contributed by atoms with Crippen LogP contribution in [0.15, 0.2) is 43.1 Å². The smallest absolute Gasteiger partial charge is 0.128 e. The summed E-state index contributed by atoms with van der Waals surface area (Å²) in [6, 6.07) is 10.5. The van der Waals surface area contributed by atoms with E-state index in [-0.39, 0.29) is 0 Å². The van der Waals surface area contributed by atoms with Crippen molar-refractivity contribution >= 4 is 22.9 Å². The molecule has 0 unspecified atom stereocenters. The summed E-state index contributed by atoms with van der Waals surface area (Å²) < 4.78 is 0. The molecule has 0 aliphatic carbocycles. The average molecular weight is 351 g/mol. The molecule has 1 aliphatic heterocycles. The zero-order chi connectivity index (χ0) is 18.5. The van der Waals surface area contributed by atoms with Gasteiger partial charge in [-0.2, -0.15) is 0 Å². The van der Waals surface area contributed by atoms with E-state index in [2.05, 4.69) is 76.2 Å². The first-order chi connectivity index (χ1) is 12.6.